The number of benzene rings is 3. The topological polar surface area (TPSA) is 65.7 Å². The molecule has 6 nitrogen and oxygen atoms in total. The number of para-hydroxylation sites is 1. The predicted molar refractivity (Wildman–Crippen MR) is 139 cm³/mol. The standard InChI is InChI=1S/C27H25BrFN3O3/c1-27(2,3)26-31-22-13-12-19(28)14-20(22)25(33)32(26)30-15-17-9-7-11-23(34-4)24(17)35-16-18-8-5-6-10-21(18)29/h5-15H,16H2,1-4H3. The fourth-order valence-corrected chi connectivity index (χ4v) is 3.94. The molecule has 8 heteroatoms. The van der Waals surface area contributed by atoms with Gasteiger partial charge in [-0.25, -0.2) is 9.37 Å². The molecule has 0 bridgehead atoms. The first-order valence-electron chi connectivity index (χ1n) is 11.0. The lowest BCUT2D eigenvalue weighted by molar-refractivity contribution is 0.279. The van der Waals surface area contributed by atoms with Crippen molar-refractivity contribution >= 4 is 33.0 Å². The van der Waals surface area contributed by atoms with Gasteiger partial charge in [0.25, 0.3) is 5.56 Å². The van der Waals surface area contributed by atoms with Crippen LogP contribution in [0, 0.1) is 5.82 Å². The van der Waals surface area contributed by atoms with Crippen LogP contribution < -0.4 is 15.0 Å². The lowest BCUT2D eigenvalue weighted by Crippen LogP contribution is -2.29. The smallest absolute Gasteiger partial charge is 0.282 e. The van der Waals surface area contributed by atoms with Crippen molar-refractivity contribution in [1.82, 2.24) is 9.66 Å². The summed E-state index contributed by atoms with van der Waals surface area (Å²) in [5, 5.41) is 4.97. The van der Waals surface area contributed by atoms with Crippen LogP contribution in [0.2, 0.25) is 0 Å². The molecule has 0 atom stereocenters. The maximum Gasteiger partial charge on any atom is 0.282 e. The predicted octanol–water partition coefficient (Wildman–Crippen LogP) is 6.07. The van der Waals surface area contributed by atoms with Crippen molar-refractivity contribution in [3.05, 3.63) is 98.3 Å². The van der Waals surface area contributed by atoms with E-state index in [0.717, 1.165) is 4.47 Å². The van der Waals surface area contributed by atoms with Crippen LogP contribution in [0.5, 0.6) is 11.5 Å². The molecule has 35 heavy (non-hydrogen) atoms. The van der Waals surface area contributed by atoms with Gasteiger partial charge in [0, 0.05) is 21.0 Å². The first-order chi connectivity index (χ1) is 16.7. The molecule has 4 aromatic rings. The Hall–Kier alpha value is -3.52. The number of ether oxygens (including phenoxy) is 2. The van der Waals surface area contributed by atoms with Crippen molar-refractivity contribution in [1.29, 1.82) is 0 Å². The summed E-state index contributed by atoms with van der Waals surface area (Å²) in [4.78, 5) is 18.1. The first kappa shape index (κ1) is 24.6. The number of rotatable bonds is 6. The summed E-state index contributed by atoms with van der Waals surface area (Å²) in [5.74, 6) is 1.02. The second-order valence-electron chi connectivity index (χ2n) is 8.97. The van der Waals surface area contributed by atoms with Crippen LogP contribution in [0.15, 0.2) is 75.0 Å². The summed E-state index contributed by atoms with van der Waals surface area (Å²) in [5.41, 5.74) is 0.855. The summed E-state index contributed by atoms with van der Waals surface area (Å²) in [6.07, 6.45) is 1.53. The number of halogens is 2. The van der Waals surface area contributed by atoms with Gasteiger partial charge in [-0.1, -0.05) is 61.0 Å². The van der Waals surface area contributed by atoms with Gasteiger partial charge in [0.1, 0.15) is 18.2 Å². The van der Waals surface area contributed by atoms with E-state index in [1.807, 2.05) is 26.8 Å². The van der Waals surface area contributed by atoms with Crippen LogP contribution in [0.3, 0.4) is 0 Å². The SMILES string of the molecule is COc1cccc(C=Nn2c(C(C)(C)C)nc3ccc(Br)cc3c2=O)c1OCc1ccccc1F. The number of aromatic nitrogens is 2. The third-order valence-electron chi connectivity index (χ3n) is 5.35. The normalized spacial score (nSPS) is 11.8. The summed E-state index contributed by atoms with van der Waals surface area (Å²) in [7, 11) is 1.53. The molecule has 0 saturated carbocycles. The van der Waals surface area contributed by atoms with Gasteiger partial charge in [0.05, 0.1) is 24.2 Å². The Morgan fingerprint density at radius 1 is 1.11 bits per heavy atom. The molecule has 0 saturated heterocycles. The quantitative estimate of drug-likeness (QED) is 0.280. The summed E-state index contributed by atoms with van der Waals surface area (Å²) < 4.78 is 27.6. The first-order valence-corrected chi connectivity index (χ1v) is 11.8. The zero-order valence-electron chi connectivity index (χ0n) is 19.9. The largest absolute Gasteiger partial charge is 0.493 e. The minimum absolute atomic E-state index is 0.00658. The van der Waals surface area contributed by atoms with Gasteiger partial charge in [-0.3, -0.25) is 4.79 Å². The molecule has 4 rings (SSSR count). The van der Waals surface area contributed by atoms with Crippen molar-refractivity contribution < 1.29 is 13.9 Å². The molecule has 0 radical (unpaired) electrons. The Bertz CT molecular complexity index is 1480. The van der Waals surface area contributed by atoms with Crippen LogP contribution in [-0.2, 0) is 12.0 Å². The van der Waals surface area contributed by atoms with Crippen molar-refractivity contribution in [3.8, 4) is 11.5 Å². The monoisotopic (exact) mass is 537 g/mol. The van der Waals surface area contributed by atoms with Gasteiger partial charge in [0.2, 0.25) is 0 Å². The summed E-state index contributed by atoms with van der Waals surface area (Å²) in [6, 6.07) is 17.1. The van der Waals surface area contributed by atoms with E-state index in [1.165, 1.54) is 24.1 Å². The third-order valence-corrected chi connectivity index (χ3v) is 5.84. The molecule has 0 spiro atoms. The van der Waals surface area contributed by atoms with Gasteiger partial charge < -0.3 is 9.47 Å². The number of hydrogen-bond acceptors (Lipinski definition) is 5. The molecule has 0 unspecified atom stereocenters. The van der Waals surface area contributed by atoms with E-state index < -0.39 is 5.41 Å². The average molecular weight is 538 g/mol. The molecule has 0 N–H and O–H groups in total. The van der Waals surface area contributed by atoms with E-state index >= 15 is 0 Å². The Morgan fingerprint density at radius 3 is 2.60 bits per heavy atom. The van der Waals surface area contributed by atoms with Gasteiger partial charge in [-0.15, -0.1) is 0 Å². The fraction of sp³-hybridized carbons (Fsp3) is 0.222. The third kappa shape index (κ3) is 5.27. The van der Waals surface area contributed by atoms with Gasteiger partial charge in [0.15, 0.2) is 11.5 Å². The molecular formula is C27H25BrFN3O3. The minimum atomic E-state index is -0.448. The van der Waals surface area contributed by atoms with Crippen LogP contribution >= 0.6 is 15.9 Å². The molecule has 0 fully saturated rings. The zero-order chi connectivity index (χ0) is 25.2. The van der Waals surface area contributed by atoms with Gasteiger partial charge >= 0.3 is 0 Å². The minimum Gasteiger partial charge on any atom is -0.493 e. The summed E-state index contributed by atoms with van der Waals surface area (Å²) >= 11 is 3.42. The van der Waals surface area contributed by atoms with Crippen LogP contribution in [0.4, 0.5) is 4.39 Å². The fourth-order valence-electron chi connectivity index (χ4n) is 3.58. The van der Waals surface area contributed by atoms with E-state index in [4.69, 9.17) is 14.5 Å². The molecule has 0 aliphatic carbocycles. The Balaban J connectivity index is 1.80. The van der Waals surface area contributed by atoms with E-state index in [9.17, 15) is 9.18 Å². The number of methoxy groups -OCH3 is 1. The Kier molecular flexibility index (Phi) is 7.03. The van der Waals surface area contributed by atoms with Crippen molar-refractivity contribution in [3.63, 3.8) is 0 Å². The maximum absolute atomic E-state index is 14.1. The second kappa shape index (κ2) is 10.00. The highest BCUT2D eigenvalue weighted by Gasteiger charge is 2.23. The maximum atomic E-state index is 14.1. The lowest BCUT2D eigenvalue weighted by Gasteiger charge is -2.21. The Labute approximate surface area is 211 Å². The van der Waals surface area contributed by atoms with E-state index in [1.54, 1.807) is 48.5 Å². The highest BCUT2D eigenvalue weighted by molar-refractivity contribution is 9.10. The molecule has 1 heterocycles. The molecule has 0 amide bonds. The number of fused-ring (bicyclic) bond motifs is 1. The number of hydrogen-bond donors (Lipinski definition) is 0. The molecule has 180 valence electrons. The lowest BCUT2D eigenvalue weighted by atomic mass is 9.95. The molecule has 0 aliphatic heterocycles. The summed E-state index contributed by atoms with van der Waals surface area (Å²) in [6.45, 7) is 5.92. The molecule has 1 aromatic heterocycles. The van der Waals surface area contributed by atoms with Crippen LogP contribution in [-0.4, -0.2) is 23.0 Å². The van der Waals surface area contributed by atoms with E-state index in [-0.39, 0.29) is 18.0 Å². The van der Waals surface area contributed by atoms with Crippen LogP contribution in [0.1, 0.15) is 37.7 Å². The van der Waals surface area contributed by atoms with Crippen LogP contribution in [0.25, 0.3) is 10.9 Å². The van der Waals surface area contributed by atoms with Gasteiger partial charge in [-0.05, 0) is 36.4 Å². The van der Waals surface area contributed by atoms with Gasteiger partial charge in [-0.2, -0.15) is 9.78 Å². The second-order valence-corrected chi connectivity index (χ2v) is 9.88. The molecule has 0 aliphatic rings. The van der Waals surface area contributed by atoms with E-state index in [0.29, 0.717) is 39.4 Å². The highest BCUT2D eigenvalue weighted by atomic mass is 79.9. The molecular weight excluding hydrogens is 513 g/mol. The van der Waals surface area contributed by atoms with Crippen molar-refractivity contribution in [2.24, 2.45) is 5.10 Å². The number of nitrogens with zero attached hydrogens (tertiary/aromatic N) is 3. The zero-order valence-corrected chi connectivity index (χ0v) is 21.5. The molecule has 3 aromatic carbocycles. The van der Waals surface area contributed by atoms with E-state index in [2.05, 4.69) is 21.0 Å². The Morgan fingerprint density at radius 2 is 1.89 bits per heavy atom. The highest BCUT2D eigenvalue weighted by Crippen LogP contribution is 2.31. The van der Waals surface area contributed by atoms with Crippen molar-refractivity contribution in [2.75, 3.05) is 7.11 Å². The van der Waals surface area contributed by atoms with Crippen molar-refractivity contribution in [2.45, 2.75) is 32.8 Å². The average Bonchev–Trinajstić information content (AvgIpc) is 2.82.